The summed E-state index contributed by atoms with van der Waals surface area (Å²) in [6.45, 7) is 6.63. The molecule has 0 N–H and O–H groups in total. The lowest BCUT2D eigenvalue weighted by molar-refractivity contribution is 0.172. The van der Waals surface area contributed by atoms with Gasteiger partial charge < -0.3 is 0 Å². The van der Waals surface area contributed by atoms with E-state index in [0.29, 0.717) is 6.61 Å². The summed E-state index contributed by atoms with van der Waals surface area (Å²) in [5.41, 5.74) is -0.0478. The molecular formula is C13H28O3S. The van der Waals surface area contributed by atoms with Gasteiger partial charge in [0.1, 0.15) is 0 Å². The number of hydrogen-bond acceptors (Lipinski definition) is 3. The second-order valence-corrected chi connectivity index (χ2v) is 7.29. The summed E-state index contributed by atoms with van der Waals surface area (Å²) >= 11 is 0. The van der Waals surface area contributed by atoms with Crippen LogP contribution in [0.3, 0.4) is 0 Å². The molecule has 0 saturated carbocycles. The molecule has 0 atom stereocenters. The van der Waals surface area contributed by atoms with Crippen LogP contribution < -0.4 is 0 Å². The summed E-state index contributed by atoms with van der Waals surface area (Å²) in [6.07, 6.45) is 9.72. The van der Waals surface area contributed by atoms with E-state index in [9.17, 15) is 8.42 Å². The molecule has 104 valence electrons. The van der Waals surface area contributed by atoms with Crippen LogP contribution in [0, 0.1) is 5.41 Å². The Morgan fingerprint density at radius 3 is 2.06 bits per heavy atom. The molecule has 4 heteroatoms. The Kier molecular flexibility index (Phi) is 8.05. The highest BCUT2D eigenvalue weighted by molar-refractivity contribution is 7.85. The lowest BCUT2D eigenvalue weighted by atomic mass is 9.88. The Morgan fingerprint density at radius 1 is 1.00 bits per heavy atom. The van der Waals surface area contributed by atoms with Gasteiger partial charge in [-0.3, -0.25) is 4.18 Å². The summed E-state index contributed by atoms with van der Waals surface area (Å²) < 4.78 is 26.7. The minimum absolute atomic E-state index is 0.0478. The fourth-order valence-electron chi connectivity index (χ4n) is 1.72. The molecule has 0 unspecified atom stereocenters. The Bertz CT molecular complexity index is 281. The van der Waals surface area contributed by atoms with E-state index in [2.05, 4.69) is 20.8 Å². The lowest BCUT2D eigenvalue weighted by Crippen LogP contribution is -2.21. The third-order valence-corrected chi connectivity index (χ3v) is 3.42. The van der Waals surface area contributed by atoms with Gasteiger partial charge in [-0.2, -0.15) is 8.42 Å². The Morgan fingerprint density at radius 2 is 1.53 bits per heavy atom. The van der Waals surface area contributed by atoms with Gasteiger partial charge in [0.25, 0.3) is 10.1 Å². The summed E-state index contributed by atoms with van der Waals surface area (Å²) in [7, 11) is -3.30. The topological polar surface area (TPSA) is 43.4 Å². The zero-order valence-corrected chi connectivity index (χ0v) is 12.6. The van der Waals surface area contributed by atoms with E-state index in [1.54, 1.807) is 0 Å². The van der Waals surface area contributed by atoms with Gasteiger partial charge in [0.15, 0.2) is 0 Å². The SMILES string of the molecule is CCCCCCCCC(C)(C)COS(C)(=O)=O. The van der Waals surface area contributed by atoms with Crippen molar-refractivity contribution >= 4 is 10.1 Å². The van der Waals surface area contributed by atoms with Gasteiger partial charge in [0, 0.05) is 0 Å². The van der Waals surface area contributed by atoms with E-state index in [0.717, 1.165) is 19.1 Å². The molecule has 0 aliphatic rings. The van der Waals surface area contributed by atoms with Crippen LogP contribution in [0.1, 0.15) is 65.7 Å². The van der Waals surface area contributed by atoms with Gasteiger partial charge in [-0.1, -0.05) is 59.3 Å². The van der Waals surface area contributed by atoms with Crippen LogP contribution >= 0.6 is 0 Å². The first-order valence-corrected chi connectivity index (χ1v) is 8.43. The van der Waals surface area contributed by atoms with E-state index in [1.807, 2.05) is 0 Å². The zero-order chi connectivity index (χ0) is 13.4. The summed E-state index contributed by atoms with van der Waals surface area (Å²) in [4.78, 5) is 0. The molecule has 0 spiro atoms. The molecule has 0 heterocycles. The molecule has 0 aliphatic carbocycles. The van der Waals surface area contributed by atoms with Crippen molar-refractivity contribution in [1.82, 2.24) is 0 Å². The maximum Gasteiger partial charge on any atom is 0.264 e. The zero-order valence-electron chi connectivity index (χ0n) is 11.8. The molecule has 0 fully saturated rings. The maximum atomic E-state index is 10.9. The first-order valence-electron chi connectivity index (χ1n) is 6.61. The van der Waals surface area contributed by atoms with E-state index < -0.39 is 10.1 Å². The first kappa shape index (κ1) is 16.9. The average molecular weight is 264 g/mol. The van der Waals surface area contributed by atoms with Crippen molar-refractivity contribution in [2.45, 2.75) is 65.7 Å². The number of unbranched alkanes of at least 4 members (excludes halogenated alkanes) is 5. The normalized spacial score (nSPS) is 12.9. The van der Waals surface area contributed by atoms with Gasteiger partial charge in [0.05, 0.1) is 12.9 Å². The molecule has 3 nitrogen and oxygen atoms in total. The van der Waals surface area contributed by atoms with Crippen LogP contribution in [0.4, 0.5) is 0 Å². The molecular weight excluding hydrogens is 236 g/mol. The molecule has 0 aromatic heterocycles. The second kappa shape index (κ2) is 8.09. The van der Waals surface area contributed by atoms with Crippen LogP contribution in [-0.4, -0.2) is 21.3 Å². The van der Waals surface area contributed by atoms with Crippen LogP contribution in [0.5, 0.6) is 0 Å². The highest BCUT2D eigenvalue weighted by Crippen LogP contribution is 2.25. The Labute approximate surface area is 107 Å². The van der Waals surface area contributed by atoms with Gasteiger partial charge in [-0.05, 0) is 11.8 Å². The highest BCUT2D eigenvalue weighted by Gasteiger charge is 2.20. The van der Waals surface area contributed by atoms with Gasteiger partial charge in [-0.25, -0.2) is 0 Å². The van der Waals surface area contributed by atoms with Crippen LogP contribution in [0.25, 0.3) is 0 Å². The average Bonchev–Trinajstić information content (AvgIpc) is 2.20. The fraction of sp³-hybridized carbons (Fsp3) is 1.00. The summed E-state index contributed by atoms with van der Waals surface area (Å²) in [5, 5.41) is 0. The lowest BCUT2D eigenvalue weighted by Gasteiger charge is -2.23. The van der Waals surface area contributed by atoms with Gasteiger partial charge in [-0.15, -0.1) is 0 Å². The van der Waals surface area contributed by atoms with Gasteiger partial charge >= 0.3 is 0 Å². The quantitative estimate of drug-likeness (QED) is 0.446. The molecule has 0 aliphatic heterocycles. The molecule has 0 rings (SSSR count). The molecule has 17 heavy (non-hydrogen) atoms. The predicted octanol–water partition coefficient (Wildman–Crippen LogP) is 3.74. The molecule has 0 saturated heterocycles. The van der Waals surface area contributed by atoms with E-state index >= 15 is 0 Å². The van der Waals surface area contributed by atoms with Crippen molar-refractivity contribution in [2.75, 3.05) is 12.9 Å². The largest absolute Gasteiger partial charge is 0.270 e. The third-order valence-electron chi connectivity index (χ3n) is 2.87. The Balaban J connectivity index is 3.64. The number of rotatable bonds is 10. The second-order valence-electron chi connectivity index (χ2n) is 5.65. The van der Waals surface area contributed by atoms with E-state index in [-0.39, 0.29) is 5.41 Å². The minimum atomic E-state index is -3.30. The number of hydrogen-bond donors (Lipinski definition) is 0. The van der Waals surface area contributed by atoms with E-state index in [4.69, 9.17) is 4.18 Å². The van der Waals surface area contributed by atoms with Crippen LogP contribution in [0.15, 0.2) is 0 Å². The van der Waals surface area contributed by atoms with Crippen molar-refractivity contribution in [3.63, 3.8) is 0 Å². The Hall–Kier alpha value is -0.0900. The minimum Gasteiger partial charge on any atom is -0.270 e. The molecule has 0 aromatic carbocycles. The smallest absolute Gasteiger partial charge is 0.264 e. The van der Waals surface area contributed by atoms with Crippen molar-refractivity contribution in [3.05, 3.63) is 0 Å². The van der Waals surface area contributed by atoms with Gasteiger partial charge in [0.2, 0.25) is 0 Å². The maximum absolute atomic E-state index is 10.9. The molecule has 0 bridgehead atoms. The summed E-state index contributed by atoms with van der Waals surface area (Å²) in [5.74, 6) is 0. The molecule has 0 aromatic rings. The highest BCUT2D eigenvalue weighted by atomic mass is 32.2. The molecule has 0 radical (unpaired) electrons. The van der Waals surface area contributed by atoms with E-state index in [1.165, 1.54) is 32.1 Å². The third kappa shape index (κ3) is 12.2. The predicted molar refractivity (Wildman–Crippen MR) is 72.6 cm³/mol. The molecule has 0 amide bonds. The standard InChI is InChI=1S/C13H28O3S/c1-5-6-7-8-9-10-11-13(2,3)12-16-17(4,14)15/h5-12H2,1-4H3. The van der Waals surface area contributed by atoms with Crippen molar-refractivity contribution in [2.24, 2.45) is 5.41 Å². The van der Waals surface area contributed by atoms with Crippen LogP contribution in [0.2, 0.25) is 0 Å². The monoisotopic (exact) mass is 264 g/mol. The first-order chi connectivity index (χ1) is 7.77. The summed E-state index contributed by atoms with van der Waals surface area (Å²) in [6, 6.07) is 0. The van der Waals surface area contributed by atoms with Crippen molar-refractivity contribution in [1.29, 1.82) is 0 Å². The fourth-order valence-corrected chi connectivity index (χ4v) is 2.26. The van der Waals surface area contributed by atoms with Crippen molar-refractivity contribution in [3.8, 4) is 0 Å². The van der Waals surface area contributed by atoms with Crippen LogP contribution in [-0.2, 0) is 14.3 Å². The van der Waals surface area contributed by atoms with Crippen molar-refractivity contribution < 1.29 is 12.6 Å².